The van der Waals surface area contributed by atoms with Crippen molar-refractivity contribution in [2.24, 2.45) is 5.73 Å². The highest BCUT2D eigenvalue weighted by Crippen LogP contribution is 2.31. The van der Waals surface area contributed by atoms with Crippen molar-refractivity contribution in [3.63, 3.8) is 0 Å². The molecule has 0 atom stereocenters. The van der Waals surface area contributed by atoms with E-state index in [-0.39, 0.29) is 11.1 Å². The van der Waals surface area contributed by atoms with Crippen LogP contribution < -0.4 is 16.4 Å². The SMILES string of the molecule is NC(=O)c1ccc(NC2CC2)c(NC(=O)c2cc3nccnc3cc2F)c1. The van der Waals surface area contributed by atoms with E-state index in [1.54, 1.807) is 12.1 Å². The molecule has 1 aliphatic rings. The Balaban J connectivity index is 1.68. The first-order valence-corrected chi connectivity index (χ1v) is 8.43. The van der Waals surface area contributed by atoms with Crippen molar-refractivity contribution < 1.29 is 14.0 Å². The summed E-state index contributed by atoms with van der Waals surface area (Å²) < 4.78 is 14.4. The van der Waals surface area contributed by atoms with E-state index in [1.807, 2.05) is 0 Å². The predicted molar refractivity (Wildman–Crippen MR) is 99.1 cm³/mol. The molecule has 4 rings (SSSR count). The zero-order valence-corrected chi connectivity index (χ0v) is 14.2. The van der Waals surface area contributed by atoms with Gasteiger partial charge in [-0.1, -0.05) is 0 Å². The number of amides is 2. The summed E-state index contributed by atoms with van der Waals surface area (Å²) >= 11 is 0. The van der Waals surface area contributed by atoms with Gasteiger partial charge in [0.15, 0.2) is 0 Å². The van der Waals surface area contributed by atoms with Gasteiger partial charge in [0.05, 0.1) is 28.0 Å². The average Bonchev–Trinajstić information content (AvgIpc) is 3.46. The van der Waals surface area contributed by atoms with Crippen molar-refractivity contribution in [1.29, 1.82) is 0 Å². The molecule has 1 fully saturated rings. The third-order valence-electron chi connectivity index (χ3n) is 4.29. The van der Waals surface area contributed by atoms with Gasteiger partial charge in [0, 0.05) is 30.1 Å². The van der Waals surface area contributed by atoms with Gasteiger partial charge in [-0.2, -0.15) is 0 Å². The van der Waals surface area contributed by atoms with Gasteiger partial charge >= 0.3 is 0 Å². The lowest BCUT2D eigenvalue weighted by Crippen LogP contribution is -2.17. The van der Waals surface area contributed by atoms with Gasteiger partial charge in [-0.15, -0.1) is 0 Å². The van der Waals surface area contributed by atoms with Crippen LogP contribution in [0, 0.1) is 5.82 Å². The van der Waals surface area contributed by atoms with Crippen molar-refractivity contribution in [2.45, 2.75) is 18.9 Å². The number of halogens is 1. The Hall–Kier alpha value is -3.55. The van der Waals surface area contributed by atoms with Crippen LogP contribution in [0.25, 0.3) is 11.0 Å². The molecule has 1 aliphatic carbocycles. The Bertz CT molecular complexity index is 1070. The lowest BCUT2D eigenvalue weighted by Gasteiger charge is -2.14. The minimum atomic E-state index is -0.705. The number of nitrogens with zero attached hydrogens (tertiary/aromatic N) is 2. The first-order chi connectivity index (χ1) is 13.0. The lowest BCUT2D eigenvalue weighted by atomic mass is 10.1. The number of benzene rings is 2. The lowest BCUT2D eigenvalue weighted by molar-refractivity contribution is 0.0995. The fourth-order valence-corrected chi connectivity index (χ4v) is 2.72. The number of hydrogen-bond acceptors (Lipinski definition) is 5. The summed E-state index contributed by atoms with van der Waals surface area (Å²) in [5, 5.41) is 5.93. The number of hydrogen-bond donors (Lipinski definition) is 3. The maximum Gasteiger partial charge on any atom is 0.258 e. The number of carbonyl (C=O) groups is 2. The highest BCUT2D eigenvalue weighted by atomic mass is 19.1. The summed E-state index contributed by atoms with van der Waals surface area (Å²) in [5.74, 6) is -1.97. The van der Waals surface area contributed by atoms with E-state index in [4.69, 9.17) is 5.73 Å². The van der Waals surface area contributed by atoms with Crippen LogP contribution in [0.15, 0.2) is 42.7 Å². The third kappa shape index (κ3) is 3.55. The van der Waals surface area contributed by atoms with E-state index < -0.39 is 17.6 Å². The van der Waals surface area contributed by atoms with Gasteiger partial charge in [0.1, 0.15) is 5.82 Å². The van der Waals surface area contributed by atoms with Crippen LogP contribution in [-0.2, 0) is 0 Å². The molecule has 27 heavy (non-hydrogen) atoms. The first-order valence-electron chi connectivity index (χ1n) is 8.43. The third-order valence-corrected chi connectivity index (χ3v) is 4.29. The number of aromatic nitrogens is 2. The quantitative estimate of drug-likeness (QED) is 0.644. The molecule has 4 N–H and O–H groups in total. The number of carbonyl (C=O) groups excluding carboxylic acids is 2. The average molecular weight is 365 g/mol. The van der Waals surface area contributed by atoms with E-state index in [0.29, 0.717) is 28.5 Å². The topological polar surface area (TPSA) is 110 Å². The molecular formula is C19H16FN5O2. The Labute approximate surface area is 153 Å². The van der Waals surface area contributed by atoms with Gasteiger partial charge in [-0.3, -0.25) is 19.6 Å². The molecule has 0 aliphatic heterocycles. The zero-order chi connectivity index (χ0) is 19.0. The van der Waals surface area contributed by atoms with Gasteiger partial charge in [-0.05, 0) is 37.1 Å². The van der Waals surface area contributed by atoms with Crippen LogP contribution in [0.3, 0.4) is 0 Å². The Morgan fingerprint density at radius 1 is 1.04 bits per heavy atom. The molecule has 2 aromatic carbocycles. The number of nitrogens with two attached hydrogens (primary N) is 1. The van der Waals surface area contributed by atoms with Gasteiger partial charge < -0.3 is 16.4 Å². The van der Waals surface area contributed by atoms with Crippen LogP contribution in [0.1, 0.15) is 33.6 Å². The number of rotatable bonds is 5. The second-order valence-electron chi connectivity index (χ2n) is 6.37. The predicted octanol–water partition coefficient (Wildman–Crippen LogP) is 2.69. The molecule has 1 saturated carbocycles. The molecule has 2 amide bonds. The minimum Gasteiger partial charge on any atom is -0.381 e. The molecule has 0 radical (unpaired) electrons. The Morgan fingerprint density at radius 3 is 2.41 bits per heavy atom. The van der Waals surface area contributed by atoms with Crippen molar-refractivity contribution in [1.82, 2.24) is 9.97 Å². The molecule has 7 nitrogen and oxygen atoms in total. The van der Waals surface area contributed by atoms with Crippen LogP contribution in [0.4, 0.5) is 15.8 Å². The first kappa shape index (κ1) is 16.9. The number of fused-ring (bicyclic) bond motifs is 1. The highest BCUT2D eigenvalue weighted by Gasteiger charge is 2.23. The van der Waals surface area contributed by atoms with Crippen molar-refractivity contribution in [3.05, 3.63) is 59.7 Å². The second kappa shape index (κ2) is 6.64. The second-order valence-corrected chi connectivity index (χ2v) is 6.37. The summed E-state index contributed by atoms with van der Waals surface area (Å²) in [5.41, 5.74) is 7.19. The van der Waals surface area contributed by atoms with Crippen LogP contribution in [0.5, 0.6) is 0 Å². The molecule has 0 bridgehead atoms. The Morgan fingerprint density at radius 2 is 1.74 bits per heavy atom. The van der Waals surface area contributed by atoms with Crippen LogP contribution >= 0.6 is 0 Å². The number of anilines is 2. The molecule has 3 aromatic rings. The van der Waals surface area contributed by atoms with Gasteiger partial charge in [0.25, 0.3) is 5.91 Å². The highest BCUT2D eigenvalue weighted by molar-refractivity contribution is 6.08. The standard InChI is InChI=1S/C19H16FN5O2/c20-13-9-16-15(22-5-6-23-16)8-12(13)19(27)25-17-7-10(18(21)26)1-4-14(17)24-11-2-3-11/h1,4-9,11,24H,2-3H2,(H2,21,26)(H,25,27). The maximum atomic E-state index is 14.4. The largest absolute Gasteiger partial charge is 0.381 e. The van der Waals surface area contributed by atoms with E-state index in [2.05, 4.69) is 20.6 Å². The van der Waals surface area contributed by atoms with Crippen molar-refractivity contribution in [3.8, 4) is 0 Å². The molecule has 8 heteroatoms. The van der Waals surface area contributed by atoms with E-state index in [9.17, 15) is 14.0 Å². The molecule has 0 unspecified atom stereocenters. The van der Waals surface area contributed by atoms with E-state index in [1.165, 1.54) is 30.6 Å². The normalized spacial score (nSPS) is 13.4. The van der Waals surface area contributed by atoms with Crippen molar-refractivity contribution >= 4 is 34.2 Å². The maximum absolute atomic E-state index is 14.4. The fourth-order valence-electron chi connectivity index (χ4n) is 2.72. The van der Waals surface area contributed by atoms with Crippen LogP contribution in [-0.4, -0.2) is 27.8 Å². The molecule has 0 spiro atoms. The van der Waals surface area contributed by atoms with Crippen molar-refractivity contribution in [2.75, 3.05) is 10.6 Å². The van der Waals surface area contributed by atoms with E-state index >= 15 is 0 Å². The molecule has 0 saturated heterocycles. The van der Waals surface area contributed by atoms with Gasteiger partial charge in [-0.25, -0.2) is 4.39 Å². The molecule has 1 aromatic heterocycles. The zero-order valence-electron chi connectivity index (χ0n) is 14.2. The smallest absolute Gasteiger partial charge is 0.258 e. The van der Waals surface area contributed by atoms with Gasteiger partial charge in [0.2, 0.25) is 5.91 Å². The van der Waals surface area contributed by atoms with E-state index in [0.717, 1.165) is 12.8 Å². The summed E-state index contributed by atoms with van der Waals surface area (Å²) in [7, 11) is 0. The Kier molecular flexibility index (Phi) is 4.15. The molecule has 1 heterocycles. The minimum absolute atomic E-state index is 0.162. The summed E-state index contributed by atoms with van der Waals surface area (Å²) in [6, 6.07) is 7.57. The monoisotopic (exact) mass is 365 g/mol. The number of primary amides is 1. The van der Waals surface area contributed by atoms with Crippen LogP contribution in [0.2, 0.25) is 0 Å². The fraction of sp³-hybridized carbons (Fsp3) is 0.158. The molecule has 136 valence electrons. The number of nitrogens with one attached hydrogen (secondary N) is 2. The molecular weight excluding hydrogens is 349 g/mol. The summed E-state index contributed by atoms with van der Waals surface area (Å²) in [4.78, 5) is 32.2. The summed E-state index contributed by atoms with van der Waals surface area (Å²) in [6.07, 6.45) is 4.98. The summed E-state index contributed by atoms with van der Waals surface area (Å²) in [6.45, 7) is 0.